The number of carbonyl (C=O) groups excluding carboxylic acids is 3. The summed E-state index contributed by atoms with van der Waals surface area (Å²) < 4.78 is 0. The number of benzene rings is 2. The number of rotatable bonds is 4. The van der Waals surface area contributed by atoms with E-state index in [9.17, 15) is 24.6 Å². The van der Waals surface area contributed by atoms with Gasteiger partial charge in [0, 0.05) is 23.9 Å². The van der Waals surface area contributed by atoms with E-state index in [2.05, 4.69) is 10.6 Å². The summed E-state index contributed by atoms with van der Waals surface area (Å²) in [5.41, 5.74) is 0.525. The predicted octanol–water partition coefficient (Wildman–Crippen LogP) is 1.81. The zero-order chi connectivity index (χ0) is 19.8. The Labute approximate surface area is 155 Å². The van der Waals surface area contributed by atoms with E-state index >= 15 is 0 Å². The van der Waals surface area contributed by atoms with Gasteiger partial charge < -0.3 is 20.8 Å². The fourth-order valence-electron chi connectivity index (χ4n) is 2.93. The Morgan fingerprint density at radius 1 is 1.11 bits per heavy atom. The van der Waals surface area contributed by atoms with Crippen LogP contribution in [0.4, 0.5) is 10.5 Å². The maximum atomic E-state index is 12.8. The normalized spacial score (nSPS) is 19.1. The molecule has 1 atom stereocenters. The van der Waals surface area contributed by atoms with Gasteiger partial charge in [-0.05, 0) is 19.4 Å². The van der Waals surface area contributed by atoms with Gasteiger partial charge >= 0.3 is 6.03 Å². The van der Waals surface area contributed by atoms with Crippen LogP contribution in [-0.2, 0) is 15.1 Å². The molecule has 0 saturated carbocycles. The fourth-order valence-corrected chi connectivity index (χ4v) is 2.93. The molecular weight excluding hydrogens is 350 g/mol. The lowest BCUT2D eigenvalue weighted by Gasteiger charge is -2.22. The minimum Gasteiger partial charge on any atom is -0.508 e. The quantitative estimate of drug-likeness (QED) is 0.613. The summed E-state index contributed by atoms with van der Waals surface area (Å²) in [6.45, 7) is 3.00. The average Bonchev–Trinajstić information content (AvgIpc) is 2.78. The maximum absolute atomic E-state index is 12.8. The van der Waals surface area contributed by atoms with Crippen molar-refractivity contribution in [2.75, 3.05) is 11.9 Å². The van der Waals surface area contributed by atoms with Crippen LogP contribution >= 0.6 is 0 Å². The number of anilines is 1. The fraction of sp³-hybridized carbons (Fsp3) is 0.211. The molecule has 3 rings (SSSR count). The number of phenolic OH excluding ortho intramolecular Hbond substituents is 2. The molecule has 27 heavy (non-hydrogen) atoms. The molecule has 0 spiro atoms. The zero-order valence-electron chi connectivity index (χ0n) is 14.8. The molecule has 8 heteroatoms. The van der Waals surface area contributed by atoms with E-state index in [0.717, 1.165) is 16.5 Å². The van der Waals surface area contributed by atoms with E-state index in [0.29, 0.717) is 5.56 Å². The van der Waals surface area contributed by atoms with Gasteiger partial charge in [0.05, 0.1) is 0 Å². The average molecular weight is 369 g/mol. The molecule has 1 saturated heterocycles. The standard InChI is InChI=1S/C19H19N3O5/c1-11-3-5-12(6-4-11)19(2)17(26)22(18(27)21-19)10-16(25)20-13-7-14(23)9-15(24)8-13/h3-9,23-24H,10H2,1-2H3,(H,20,25)(H,21,27)/t19-/m1/s1. The third kappa shape index (κ3) is 3.55. The van der Waals surface area contributed by atoms with Crippen LogP contribution < -0.4 is 10.6 Å². The van der Waals surface area contributed by atoms with Crippen LogP contribution in [0.3, 0.4) is 0 Å². The second kappa shape index (κ2) is 6.64. The number of hydrogen-bond acceptors (Lipinski definition) is 5. The van der Waals surface area contributed by atoms with Crippen LogP contribution in [0.5, 0.6) is 11.5 Å². The number of urea groups is 1. The molecule has 1 aliphatic rings. The summed E-state index contributed by atoms with van der Waals surface area (Å²) in [6, 6.07) is 10.1. The minimum atomic E-state index is -1.26. The van der Waals surface area contributed by atoms with E-state index in [1.807, 2.05) is 19.1 Å². The highest BCUT2D eigenvalue weighted by Crippen LogP contribution is 2.29. The number of nitrogens with zero attached hydrogens (tertiary/aromatic N) is 1. The topological polar surface area (TPSA) is 119 Å². The molecule has 2 aromatic carbocycles. The van der Waals surface area contributed by atoms with E-state index in [1.54, 1.807) is 19.1 Å². The van der Waals surface area contributed by atoms with E-state index in [4.69, 9.17) is 0 Å². The van der Waals surface area contributed by atoms with Gasteiger partial charge in [0.2, 0.25) is 5.91 Å². The van der Waals surface area contributed by atoms with Crippen molar-refractivity contribution >= 4 is 23.5 Å². The minimum absolute atomic E-state index is 0.144. The Balaban J connectivity index is 1.75. The third-order valence-corrected chi connectivity index (χ3v) is 4.39. The number of aryl methyl sites for hydroxylation is 1. The second-order valence-corrected chi connectivity index (χ2v) is 6.60. The summed E-state index contributed by atoms with van der Waals surface area (Å²) in [6.07, 6.45) is 0. The highest BCUT2D eigenvalue weighted by Gasteiger charge is 2.49. The molecule has 0 bridgehead atoms. The molecule has 1 fully saturated rings. The molecule has 0 aromatic heterocycles. The van der Waals surface area contributed by atoms with Crippen LogP contribution in [0.25, 0.3) is 0 Å². The van der Waals surface area contributed by atoms with Gasteiger partial charge in [-0.3, -0.25) is 14.5 Å². The molecule has 2 aromatic rings. The van der Waals surface area contributed by atoms with Crippen LogP contribution in [0, 0.1) is 6.92 Å². The van der Waals surface area contributed by atoms with Crippen molar-refractivity contribution < 1.29 is 24.6 Å². The van der Waals surface area contributed by atoms with Crippen molar-refractivity contribution in [3.63, 3.8) is 0 Å². The van der Waals surface area contributed by atoms with Gasteiger partial charge in [-0.1, -0.05) is 29.8 Å². The highest BCUT2D eigenvalue weighted by atomic mass is 16.3. The lowest BCUT2D eigenvalue weighted by Crippen LogP contribution is -2.42. The summed E-state index contributed by atoms with van der Waals surface area (Å²) in [4.78, 5) is 38.1. The predicted molar refractivity (Wildman–Crippen MR) is 97.2 cm³/mol. The van der Waals surface area contributed by atoms with E-state index in [1.165, 1.54) is 12.1 Å². The van der Waals surface area contributed by atoms with Crippen molar-refractivity contribution in [3.05, 3.63) is 53.6 Å². The van der Waals surface area contributed by atoms with Gasteiger partial charge in [-0.25, -0.2) is 4.79 Å². The Hall–Kier alpha value is -3.55. The molecule has 8 nitrogen and oxygen atoms in total. The lowest BCUT2D eigenvalue weighted by molar-refractivity contribution is -0.133. The Morgan fingerprint density at radius 3 is 2.30 bits per heavy atom. The number of phenols is 2. The second-order valence-electron chi connectivity index (χ2n) is 6.60. The number of imide groups is 1. The molecular formula is C19H19N3O5. The lowest BCUT2D eigenvalue weighted by atomic mass is 9.91. The number of amides is 4. The third-order valence-electron chi connectivity index (χ3n) is 4.39. The van der Waals surface area contributed by atoms with Crippen molar-refractivity contribution in [1.82, 2.24) is 10.2 Å². The van der Waals surface area contributed by atoms with E-state index in [-0.39, 0.29) is 17.2 Å². The van der Waals surface area contributed by atoms with Gasteiger partial charge in [0.25, 0.3) is 5.91 Å². The summed E-state index contributed by atoms with van der Waals surface area (Å²) in [7, 11) is 0. The van der Waals surface area contributed by atoms with Crippen LogP contribution in [0.2, 0.25) is 0 Å². The van der Waals surface area contributed by atoms with Crippen molar-refractivity contribution in [3.8, 4) is 11.5 Å². The smallest absolute Gasteiger partial charge is 0.325 e. The van der Waals surface area contributed by atoms with Crippen molar-refractivity contribution in [2.45, 2.75) is 19.4 Å². The Kier molecular flexibility index (Phi) is 4.49. The first-order chi connectivity index (χ1) is 12.7. The highest BCUT2D eigenvalue weighted by molar-refractivity contribution is 6.10. The number of nitrogens with one attached hydrogen (secondary N) is 2. The first-order valence-corrected chi connectivity index (χ1v) is 8.23. The summed E-state index contributed by atoms with van der Waals surface area (Å²) in [5.74, 6) is -1.64. The molecule has 1 heterocycles. The molecule has 0 radical (unpaired) electrons. The van der Waals surface area contributed by atoms with Crippen molar-refractivity contribution in [1.29, 1.82) is 0 Å². The first kappa shape index (κ1) is 18.2. The van der Waals surface area contributed by atoms with Crippen LogP contribution in [0.1, 0.15) is 18.1 Å². The first-order valence-electron chi connectivity index (χ1n) is 8.23. The zero-order valence-corrected chi connectivity index (χ0v) is 14.8. The Bertz CT molecular complexity index is 905. The van der Waals surface area contributed by atoms with Crippen LogP contribution in [-0.4, -0.2) is 39.5 Å². The number of aromatic hydroxyl groups is 2. The van der Waals surface area contributed by atoms with Gasteiger partial charge in [-0.15, -0.1) is 0 Å². The summed E-state index contributed by atoms with van der Waals surface area (Å²) in [5, 5.41) is 24.0. The monoisotopic (exact) mass is 369 g/mol. The van der Waals surface area contributed by atoms with Gasteiger partial charge in [-0.2, -0.15) is 0 Å². The molecule has 4 amide bonds. The Morgan fingerprint density at radius 2 is 1.70 bits per heavy atom. The molecule has 1 aliphatic heterocycles. The SMILES string of the molecule is Cc1ccc([C@@]2(C)NC(=O)N(CC(=O)Nc3cc(O)cc(O)c3)C2=O)cc1. The number of hydrogen-bond donors (Lipinski definition) is 4. The van der Waals surface area contributed by atoms with E-state index < -0.39 is 29.9 Å². The maximum Gasteiger partial charge on any atom is 0.325 e. The van der Waals surface area contributed by atoms with Gasteiger partial charge in [0.15, 0.2) is 0 Å². The van der Waals surface area contributed by atoms with Crippen molar-refractivity contribution in [2.24, 2.45) is 0 Å². The summed E-state index contributed by atoms with van der Waals surface area (Å²) >= 11 is 0. The number of carbonyl (C=O) groups is 3. The van der Waals surface area contributed by atoms with Crippen LogP contribution in [0.15, 0.2) is 42.5 Å². The molecule has 4 N–H and O–H groups in total. The largest absolute Gasteiger partial charge is 0.508 e. The molecule has 140 valence electrons. The molecule has 0 unspecified atom stereocenters. The van der Waals surface area contributed by atoms with Gasteiger partial charge in [0.1, 0.15) is 23.6 Å². The molecule has 0 aliphatic carbocycles.